The molecular formula is C7H7NO2. The molecule has 3 nitrogen and oxygen atoms in total. The molecule has 1 aromatic rings. The van der Waals surface area contributed by atoms with Gasteiger partial charge in [0.25, 0.3) is 0 Å². The molecule has 0 aliphatic heterocycles. The standard InChI is InChI=1S/C7H7NO2/c1-5-2-3-6(9)4-7(5)8-10/h2-4,9H,1H3. The van der Waals surface area contributed by atoms with Crippen LogP contribution in [0.2, 0.25) is 0 Å². The number of benzene rings is 1. The summed E-state index contributed by atoms with van der Waals surface area (Å²) in [5, 5.41) is 11.6. The van der Waals surface area contributed by atoms with Gasteiger partial charge in [0.1, 0.15) is 11.4 Å². The molecule has 0 heterocycles. The van der Waals surface area contributed by atoms with Crippen LogP contribution in [0, 0.1) is 11.8 Å². The van der Waals surface area contributed by atoms with Crippen molar-refractivity contribution >= 4 is 5.69 Å². The second kappa shape index (κ2) is 2.47. The lowest BCUT2D eigenvalue weighted by molar-refractivity contribution is 0.475. The maximum absolute atomic E-state index is 10.0. The van der Waals surface area contributed by atoms with Gasteiger partial charge in [0.2, 0.25) is 0 Å². The van der Waals surface area contributed by atoms with Crippen LogP contribution >= 0.6 is 0 Å². The highest BCUT2D eigenvalue weighted by Gasteiger charge is 1.97. The van der Waals surface area contributed by atoms with E-state index in [1.807, 2.05) is 0 Å². The molecule has 0 atom stereocenters. The van der Waals surface area contributed by atoms with Crippen LogP contribution in [0.3, 0.4) is 0 Å². The lowest BCUT2D eigenvalue weighted by Gasteiger charge is -1.95. The Balaban J connectivity index is 3.21. The number of aryl methyl sites for hydroxylation is 1. The number of nitrogens with zero attached hydrogens (tertiary/aromatic N) is 1. The Labute approximate surface area is 58.3 Å². The summed E-state index contributed by atoms with van der Waals surface area (Å²) in [5.74, 6) is 0.0696. The zero-order valence-electron chi connectivity index (χ0n) is 5.53. The van der Waals surface area contributed by atoms with Crippen LogP contribution in [0.15, 0.2) is 23.4 Å². The predicted molar refractivity (Wildman–Crippen MR) is 38.3 cm³/mol. The van der Waals surface area contributed by atoms with E-state index in [0.29, 0.717) is 5.69 Å². The molecule has 0 aromatic heterocycles. The van der Waals surface area contributed by atoms with Gasteiger partial charge in [0.05, 0.1) is 0 Å². The highest BCUT2D eigenvalue weighted by atomic mass is 16.3. The Morgan fingerprint density at radius 3 is 2.70 bits per heavy atom. The quantitative estimate of drug-likeness (QED) is 0.602. The molecular weight excluding hydrogens is 130 g/mol. The molecule has 0 saturated carbocycles. The maximum Gasteiger partial charge on any atom is 0.117 e. The van der Waals surface area contributed by atoms with Crippen LogP contribution in [0.1, 0.15) is 5.56 Å². The lowest BCUT2D eigenvalue weighted by Crippen LogP contribution is -1.71. The lowest BCUT2D eigenvalue weighted by atomic mass is 10.2. The van der Waals surface area contributed by atoms with Gasteiger partial charge in [-0.15, -0.1) is 4.91 Å². The van der Waals surface area contributed by atoms with E-state index < -0.39 is 0 Å². The van der Waals surface area contributed by atoms with Gasteiger partial charge in [0, 0.05) is 6.07 Å². The van der Waals surface area contributed by atoms with E-state index in [2.05, 4.69) is 5.18 Å². The van der Waals surface area contributed by atoms with Crippen molar-refractivity contribution < 1.29 is 5.11 Å². The topological polar surface area (TPSA) is 49.7 Å². The molecule has 1 rings (SSSR count). The number of nitroso groups, excluding NO2 is 1. The van der Waals surface area contributed by atoms with Crippen LogP contribution in [0.25, 0.3) is 0 Å². The first-order valence-electron chi connectivity index (χ1n) is 2.87. The second-order valence-electron chi connectivity index (χ2n) is 2.06. The van der Waals surface area contributed by atoms with E-state index in [9.17, 15) is 4.91 Å². The molecule has 1 aromatic carbocycles. The number of hydrogen-bond acceptors (Lipinski definition) is 3. The second-order valence-corrected chi connectivity index (χ2v) is 2.06. The van der Waals surface area contributed by atoms with Gasteiger partial charge in [-0.1, -0.05) is 6.07 Å². The van der Waals surface area contributed by atoms with Crippen LogP contribution in [-0.4, -0.2) is 5.11 Å². The first-order valence-corrected chi connectivity index (χ1v) is 2.87. The van der Waals surface area contributed by atoms with Crippen LogP contribution in [0.4, 0.5) is 5.69 Å². The van der Waals surface area contributed by atoms with Crippen molar-refractivity contribution in [3.8, 4) is 5.75 Å². The average molecular weight is 137 g/mol. The summed E-state index contributed by atoms with van der Waals surface area (Å²) in [7, 11) is 0. The molecule has 3 heteroatoms. The van der Waals surface area contributed by atoms with Gasteiger partial charge in [-0.05, 0) is 23.7 Å². The SMILES string of the molecule is Cc1ccc(O)cc1N=O. The third-order valence-electron chi connectivity index (χ3n) is 1.29. The first kappa shape index (κ1) is 6.74. The van der Waals surface area contributed by atoms with Gasteiger partial charge in [-0.25, -0.2) is 0 Å². The molecule has 0 unspecified atom stereocenters. The minimum Gasteiger partial charge on any atom is -0.508 e. The Hall–Kier alpha value is -1.38. The number of aromatic hydroxyl groups is 1. The first-order chi connectivity index (χ1) is 4.74. The Bertz CT molecular complexity index is 258. The fourth-order valence-corrected chi connectivity index (χ4v) is 0.696. The van der Waals surface area contributed by atoms with E-state index in [0.717, 1.165) is 5.56 Å². The van der Waals surface area contributed by atoms with Gasteiger partial charge >= 0.3 is 0 Å². The monoisotopic (exact) mass is 137 g/mol. The fourth-order valence-electron chi connectivity index (χ4n) is 0.696. The van der Waals surface area contributed by atoms with Crippen molar-refractivity contribution in [1.82, 2.24) is 0 Å². The molecule has 1 N–H and O–H groups in total. The van der Waals surface area contributed by atoms with Crippen LogP contribution < -0.4 is 0 Å². The summed E-state index contributed by atoms with van der Waals surface area (Å²) in [4.78, 5) is 10.0. The van der Waals surface area contributed by atoms with Gasteiger partial charge in [-0.2, -0.15) is 0 Å². The van der Waals surface area contributed by atoms with Gasteiger partial charge < -0.3 is 5.11 Å². The number of rotatable bonds is 1. The molecule has 0 fully saturated rings. The molecule has 0 aliphatic carbocycles. The summed E-state index contributed by atoms with van der Waals surface area (Å²) >= 11 is 0. The fraction of sp³-hybridized carbons (Fsp3) is 0.143. The predicted octanol–water partition coefficient (Wildman–Crippen LogP) is 2.10. The molecule has 0 amide bonds. The summed E-state index contributed by atoms with van der Waals surface area (Å²) in [5.41, 5.74) is 1.06. The molecule has 0 spiro atoms. The molecule has 0 radical (unpaired) electrons. The largest absolute Gasteiger partial charge is 0.508 e. The minimum atomic E-state index is 0.0696. The van der Waals surface area contributed by atoms with Crippen molar-refractivity contribution in [3.63, 3.8) is 0 Å². The van der Waals surface area contributed by atoms with E-state index in [4.69, 9.17) is 5.11 Å². The van der Waals surface area contributed by atoms with E-state index in [-0.39, 0.29) is 5.75 Å². The van der Waals surface area contributed by atoms with Crippen LogP contribution in [0.5, 0.6) is 5.75 Å². The zero-order chi connectivity index (χ0) is 7.56. The van der Waals surface area contributed by atoms with Crippen molar-refractivity contribution in [2.45, 2.75) is 6.92 Å². The Morgan fingerprint density at radius 1 is 1.50 bits per heavy atom. The van der Waals surface area contributed by atoms with Crippen molar-refractivity contribution in [3.05, 3.63) is 28.7 Å². The van der Waals surface area contributed by atoms with Crippen LogP contribution in [-0.2, 0) is 0 Å². The van der Waals surface area contributed by atoms with Crippen molar-refractivity contribution in [2.24, 2.45) is 5.18 Å². The maximum atomic E-state index is 10.0. The number of phenols is 1. The smallest absolute Gasteiger partial charge is 0.117 e. The number of phenolic OH excluding ortho intramolecular Hbond substituents is 1. The third-order valence-corrected chi connectivity index (χ3v) is 1.29. The summed E-state index contributed by atoms with van der Waals surface area (Å²) in [6.45, 7) is 1.76. The third kappa shape index (κ3) is 1.13. The molecule has 10 heavy (non-hydrogen) atoms. The Kier molecular flexibility index (Phi) is 1.67. The van der Waals surface area contributed by atoms with Gasteiger partial charge in [-0.3, -0.25) is 0 Å². The van der Waals surface area contributed by atoms with E-state index >= 15 is 0 Å². The number of hydrogen-bond donors (Lipinski definition) is 1. The minimum absolute atomic E-state index is 0.0696. The van der Waals surface area contributed by atoms with Crippen molar-refractivity contribution in [1.29, 1.82) is 0 Å². The molecule has 0 saturated heterocycles. The highest BCUT2D eigenvalue weighted by molar-refractivity contribution is 5.49. The molecule has 52 valence electrons. The highest BCUT2D eigenvalue weighted by Crippen LogP contribution is 2.22. The summed E-state index contributed by atoms with van der Waals surface area (Å²) < 4.78 is 0. The summed E-state index contributed by atoms with van der Waals surface area (Å²) in [6, 6.07) is 4.50. The van der Waals surface area contributed by atoms with Gasteiger partial charge in [0.15, 0.2) is 0 Å². The van der Waals surface area contributed by atoms with E-state index in [1.54, 1.807) is 13.0 Å². The zero-order valence-corrected chi connectivity index (χ0v) is 5.53. The van der Waals surface area contributed by atoms with E-state index in [1.165, 1.54) is 12.1 Å². The summed E-state index contributed by atoms with van der Waals surface area (Å²) in [6.07, 6.45) is 0. The molecule has 0 bridgehead atoms. The Morgan fingerprint density at radius 2 is 2.20 bits per heavy atom. The van der Waals surface area contributed by atoms with Crippen molar-refractivity contribution in [2.75, 3.05) is 0 Å². The molecule has 0 aliphatic rings. The normalized spacial score (nSPS) is 9.30. The average Bonchev–Trinajstić information content (AvgIpc) is 1.94.